The van der Waals surface area contributed by atoms with Crippen molar-refractivity contribution in [1.29, 1.82) is 0 Å². The van der Waals surface area contributed by atoms with Crippen LogP contribution in [0.4, 0.5) is 4.39 Å². The van der Waals surface area contributed by atoms with Gasteiger partial charge in [0.15, 0.2) is 0 Å². The van der Waals surface area contributed by atoms with Gasteiger partial charge in [-0.25, -0.2) is 4.39 Å². The number of fused-ring (bicyclic) bond motifs is 1. The molecule has 0 aromatic heterocycles. The van der Waals surface area contributed by atoms with Crippen LogP contribution in [0, 0.1) is 5.82 Å². The van der Waals surface area contributed by atoms with E-state index in [4.69, 9.17) is 4.74 Å². The standard InChI is InChI=1S/C27H32FN3O3/c1-34-14-11-29-26(32)20-6-7-23(25(28)16-20)18-5-8-24-19(15-18)9-13-31(27(24)33)22-10-12-30(17-22)21-3-2-4-21/h5-8,15-16,21-22H,2-4,9-14,17H2,1H3,(H,29,32)/t22-/m1/s1. The fraction of sp³-hybridized carbons (Fsp3) is 0.481. The van der Waals surface area contributed by atoms with Crippen LogP contribution in [0.15, 0.2) is 36.4 Å². The second-order valence-electron chi connectivity index (χ2n) is 9.59. The zero-order chi connectivity index (χ0) is 23.7. The summed E-state index contributed by atoms with van der Waals surface area (Å²) < 4.78 is 19.8. The lowest BCUT2D eigenvalue weighted by Crippen LogP contribution is -2.47. The fourth-order valence-electron chi connectivity index (χ4n) is 5.39. The third-order valence-corrected chi connectivity index (χ3v) is 7.58. The minimum Gasteiger partial charge on any atom is -0.383 e. The minimum absolute atomic E-state index is 0.0943. The van der Waals surface area contributed by atoms with Crippen LogP contribution in [0.3, 0.4) is 0 Å². The van der Waals surface area contributed by atoms with E-state index in [0.29, 0.717) is 31.3 Å². The Morgan fingerprint density at radius 3 is 2.65 bits per heavy atom. The quantitative estimate of drug-likeness (QED) is 0.636. The summed E-state index contributed by atoms with van der Waals surface area (Å²) in [5.41, 5.74) is 3.12. The van der Waals surface area contributed by atoms with Crippen molar-refractivity contribution >= 4 is 11.8 Å². The number of carbonyl (C=O) groups is 2. The van der Waals surface area contributed by atoms with Crippen LogP contribution in [-0.4, -0.2) is 73.6 Å². The number of nitrogens with one attached hydrogen (secondary N) is 1. The van der Waals surface area contributed by atoms with Gasteiger partial charge in [0.05, 0.1) is 6.61 Å². The van der Waals surface area contributed by atoms with Gasteiger partial charge in [0.2, 0.25) is 0 Å². The van der Waals surface area contributed by atoms with Crippen molar-refractivity contribution in [3.63, 3.8) is 0 Å². The van der Waals surface area contributed by atoms with Crippen molar-refractivity contribution in [3.05, 3.63) is 58.9 Å². The largest absolute Gasteiger partial charge is 0.383 e. The van der Waals surface area contributed by atoms with E-state index in [1.165, 1.54) is 25.3 Å². The zero-order valence-electron chi connectivity index (χ0n) is 19.7. The molecule has 0 spiro atoms. The lowest BCUT2D eigenvalue weighted by atomic mass is 9.91. The highest BCUT2D eigenvalue weighted by atomic mass is 19.1. The first kappa shape index (κ1) is 23.0. The van der Waals surface area contributed by atoms with Crippen LogP contribution in [0.5, 0.6) is 0 Å². The molecular formula is C27H32FN3O3. The molecule has 1 saturated carbocycles. The first-order valence-electron chi connectivity index (χ1n) is 12.3. The number of hydrogen-bond donors (Lipinski definition) is 1. The second kappa shape index (κ2) is 9.84. The average molecular weight is 466 g/mol. The molecule has 1 atom stereocenters. The summed E-state index contributed by atoms with van der Waals surface area (Å²) in [5.74, 6) is -0.691. The molecule has 2 heterocycles. The maximum absolute atomic E-state index is 14.9. The smallest absolute Gasteiger partial charge is 0.254 e. The number of halogens is 1. The van der Waals surface area contributed by atoms with Gasteiger partial charge in [0.1, 0.15) is 5.82 Å². The lowest BCUT2D eigenvalue weighted by Gasteiger charge is -2.37. The van der Waals surface area contributed by atoms with Gasteiger partial charge >= 0.3 is 0 Å². The number of methoxy groups -OCH3 is 1. The monoisotopic (exact) mass is 465 g/mol. The van der Waals surface area contributed by atoms with Crippen molar-refractivity contribution < 1.29 is 18.7 Å². The van der Waals surface area contributed by atoms with Crippen molar-refractivity contribution in [2.24, 2.45) is 0 Å². The lowest BCUT2D eigenvalue weighted by molar-refractivity contribution is 0.0646. The molecule has 0 unspecified atom stereocenters. The molecule has 1 saturated heterocycles. The summed E-state index contributed by atoms with van der Waals surface area (Å²) in [7, 11) is 1.56. The van der Waals surface area contributed by atoms with Gasteiger partial charge < -0.3 is 15.0 Å². The Morgan fingerprint density at radius 2 is 1.91 bits per heavy atom. The van der Waals surface area contributed by atoms with E-state index < -0.39 is 5.82 Å². The molecule has 2 aliphatic heterocycles. The van der Waals surface area contributed by atoms with Crippen molar-refractivity contribution in [1.82, 2.24) is 15.1 Å². The SMILES string of the molecule is COCCNC(=O)c1ccc(-c2ccc3c(c2)CCN([C@@H]2CCN(C4CCC4)C2)C3=O)c(F)c1. The molecule has 2 amide bonds. The number of ether oxygens (including phenoxy) is 1. The maximum atomic E-state index is 14.9. The second-order valence-corrected chi connectivity index (χ2v) is 9.59. The summed E-state index contributed by atoms with van der Waals surface area (Å²) >= 11 is 0. The molecule has 2 fully saturated rings. The highest BCUT2D eigenvalue weighted by Crippen LogP contribution is 2.33. The molecule has 2 aromatic carbocycles. The predicted octanol–water partition coefficient (Wildman–Crippen LogP) is 3.49. The Balaban J connectivity index is 1.29. The van der Waals surface area contributed by atoms with Crippen molar-refractivity contribution in [2.45, 2.75) is 44.2 Å². The van der Waals surface area contributed by atoms with Gasteiger partial charge in [-0.15, -0.1) is 0 Å². The first-order chi connectivity index (χ1) is 16.5. The topological polar surface area (TPSA) is 61.9 Å². The van der Waals surface area contributed by atoms with Crippen LogP contribution in [0.2, 0.25) is 0 Å². The summed E-state index contributed by atoms with van der Waals surface area (Å²) in [6.45, 7) is 3.55. The van der Waals surface area contributed by atoms with Gasteiger partial charge in [-0.05, 0) is 55.0 Å². The molecule has 5 rings (SSSR count). The highest BCUT2D eigenvalue weighted by molar-refractivity contribution is 5.98. The van der Waals surface area contributed by atoms with Crippen molar-refractivity contribution in [2.75, 3.05) is 39.9 Å². The molecule has 0 radical (unpaired) electrons. The summed E-state index contributed by atoms with van der Waals surface area (Å²) in [4.78, 5) is 30.1. The van der Waals surface area contributed by atoms with Crippen LogP contribution < -0.4 is 5.32 Å². The van der Waals surface area contributed by atoms with Gasteiger partial charge in [0, 0.05) is 62.1 Å². The van der Waals surface area contributed by atoms with Crippen LogP contribution in [0.25, 0.3) is 11.1 Å². The molecule has 6 nitrogen and oxygen atoms in total. The number of amides is 2. The normalized spacial score (nSPS) is 20.8. The zero-order valence-corrected chi connectivity index (χ0v) is 19.7. The Morgan fingerprint density at radius 1 is 1.09 bits per heavy atom. The Bertz CT molecular complexity index is 1080. The maximum Gasteiger partial charge on any atom is 0.254 e. The Kier molecular flexibility index (Phi) is 6.66. The molecule has 2 aromatic rings. The number of nitrogens with zero attached hydrogens (tertiary/aromatic N) is 2. The predicted molar refractivity (Wildman–Crippen MR) is 128 cm³/mol. The Labute approximate surface area is 200 Å². The number of rotatable bonds is 7. The summed E-state index contributed by atoms with van der Waals surface area (Å²) in [6.07, 6.45) is 5.74. The third-order valence-electron chi connectivity index (χ3n) is 7.58. The molecular weight excluding hydrogens is 433 g/mol. The van der Waals surface area contributed by atoms with E-state index >= 15 is 0 Å². The number of likely N-dealkylation sites (tertiary alicyclic amines) is 1. The molecule has 34 heavy (non-hydrogen) atoms. The molecule has 1 aliphatic carbocycles. The van der Waals surface area contributed by atoms with E-state index in [1.807, 2.05) is 18.2 Å². The number of benzene rings is 2. The van der Waals surface area contributed by atoms with Crippen LogP contribution in [-0.2, 0) is 11.2 Å². The molecule has 3 aliphatic rings. The number of carbonyl (C=O) groups excluding carboxylic acids is 2. The van der Waals surface area contributed by atoms with Gasteiger partial charge in [-0.2, -0.15) is 0 Å². The third kappa shape index (κ3) is 4.46. The van der Waals surface area contributed by atoms with E-state index in [-0.39, 0.29) is 17.4 Å². The first-order valence-corrected chi connectivity index (χ1v) is 12.3. The average Bonchev–Trinajstić information content (AvgIpc) is 3.27. The number of hydrogen-bond acceptors (Lipinski definition) is 4. The van der Waals surface area contributed by atoms with E-state index in [1.54, 1.807) is 19.2 Å². The highest BCUT2D eigenvalue weighted by Gasteiger charge is 2.37. The molecule has 7 heteroatoms. The van der Waals surface area contributed by atoms with E-state index in [0.717, 1.165) is 48.7 Å². The molecule has 1 N–H and O–H groups in total. The van der Waals surface area contributed by atoms with Crippen LogP contribution >= 0.6 is 0 Å². The molecule has 180 valence electrons. The minimum atomic E-state index is -0.454. The van der Waals surface area contributed by atoms with Gasteiger partial charge in [-0.3, -0.25) is 14.5 Å². The van der Waals surface area contributed by atoms with Crippen LogP contribution in [0.1, 0.15) is 52.0 Å². The Hall–Kier alpha value is -2.77. The fourth-order valence-corrected chi connectivity index (χ4v) is 5.39. The summed E-state index contributed by atoms with van der Waals surface area (Å²) in [5, 5.41) is 2.70. The molecule has 0 bridgehead atoms. The van der Waals surface area contributed by atoms with Gasteiger partial charge in [-0.1, -0.05) is 24.6 Å². The van der Waals surface area contributed by atoms with E-state index in [9.17, 15) is 14.0 Å². The summed E-state index contributed by atoms with van der Waals surface area (Å²) in [6, 6.07) is 11.1. The van der Waals surface area contributed by atoms with E-state index in [2.05, 4.69) is 15.1 Å². The van der Waals surface area contributed by atoms with Crippen molar-refractivity contribution in [3.8, 4) is 11.1 Å². The van der Waals surface area contributed by atoms with Gasteiger partial charge in [0.25, 0.3) is 11.8 Å².